The monoisotopic (exact) mass is 812 g/mol. The van der Waals surface area contributed by atoms with Crippen molar-refractivity contribution in [2.24, 2.45) is 50.2 Å². The van der Waals surface area contributed by atoms with Gasteiger partial charge in [0.2, 0.25) is 0 Å². The largest absolute Gasteiger partial charge is 0.396 e. The van der Waals surface area contributed by atoms with E-state index in [0.29, 0.717) is 38.5 Å². The standard InChI is InChI=1S/C42H68O15/c1-19-26(47)31(57-35-29(50)28(49)27(48)23(16-43)55-35)30(51)36(54-19)56-25-9-10-38(4)24(39(25,5)17-44)8-11-40(6)32(38)22(46)14-20-21-15-37(2,3)12-13-42(21,18-45)34(53)33(52)41(20,40)7/h14,19,21-33,35-36,43-52H,8-13,15-18H2,1-7H3/t19?,21-,22+,23?,24+,25-,26?,27?,28?,29?,30?,31?,32?,33-,35?,36?,38-,39-,40+,41-,42+/m0/s1. The van der Waals surface area contributed by atoms with Gasteiger partial charge < -0.3 is 70.0 Å². The predicted octanol–water partition coefficient (Wildman–Crippen LogP) is -0.0897. The van der Waals surface area contributed by atoms with E-state index in [1.54, 1.807) is 6.92 Å². The lowest BCUT2D eigenvalue weighted by Crippen LogP contribution is -2.73. The third-order valence-electron chi connectivity index (χ3n) is 17.3. The summed E-state index contributed by atoms with van der Waals surface area (Å²) in [5, 5.41) is 110. The maximum absolute atomic E-state index is 14.4. The van der Waals surface area contributed by atoms with Crippen LogP contribution in [-0.4, -0.2) is 156 Å². The van der Waals surface area contributed by atoms with Crippen LogP contribution in [0.1, 0.15) is 93.4 Å². The topological polar surface area (TPSA) is 256 Å². The van der Waals surface area contributed by atoms with Gasteiger partial charge in [-0.25, -0.2) is 0 Å². The van der Waals surface area contributed by atoms with Crippen molar-refractivity contribution < 1.29 is 74.8 Å². The zero-order chi connectivity index (χ0) is 42.0. The van der Waals surface area contributed by atoms with Crippen LogP contribution in [0.25, 0.3) is 0 Å². The number of Topliss-reactive ketones (excluding diaryl/α,β-unsaturated/α-hetero) is 1. The molecule has 10 N–H and O–H groups in total. The first kappa shape index (κ1) is 43.9. The molecule has 6 fully saturated rings. The second-order valence-electron chi connectivity index (χ2n) is 20.6. The molecule has 7 aliphatic rings. The molecular weight excluding hydrogens is 744 g/mol. The van der Waals surface area contributed by atoms with Crippen LogP contribution in [0.2, 0.25) is 0 Å². The van der Waals surface area contributed by atoms with Gasteiger partial charge in [0, 0.05) is 16.7 Å². The molecule has 0 amide bonds. The van der Waals surface area contributed by atoms with Crippen LogP contribution >= 0.6 is 0 Å². The summed E-state index contributed by atoms with van der Waals surface area (Å²) in [6, 6.07) is 0. The molecule has 57 heavy (non-hydrogen) atoms. The number of fused-ring (bicyclic) bond motifs is 7. The second kappa shape index (κ2) is 14.7. The molecule has 5 aliphatic carbocycles. The van der Waals surface area contributed by atoms with E-state index >= 15 is 0 Å². The lowest BCUT2D eigenvalue weighted by atomic mass is 9.32. The molecule has 21 atom stereocenters. The predicted molar refractivity (Wildman–Crippen MR) is 201 cm³/mol. The Morgan fingerprint density at radius 3 is 2.05 bits per heavy atom. The quantitative estimate of drug-likeness (QED) is 0.119. The summed E-state index contributed by atoms with van der Waals surface area (Å²) in [7, 11) is 0. The summed E-state index contributed by atoms with van der Waals surface area (Å²) < 4.78 is 23.9. The van der Waals surface area contributed by atoms with Crippen LogP contribution in [0.5, 0.6) is 0 Å². The highest BCUT2D eigenvalue weighted by molar-refractivity contribution is 5.93. The van der Waals surface area contributed by atoms with Gasteiger partial charge in [0.15, 0.2) is 18.4 Å². The fourth-order valence-corrected chi connectivity index (χ4v) is 13.7. The maximum Gasteiger partial charge on any atom is 0.187 e. The van der Waals surface area contributed by atoms with Crippen molar-refractivity contribution in [3.63, 3.8) is 0 Å². The maximum atomic E-state index is 14.4. The molecule has 0 aromatic heterocycles. The SMILES string of the molecule is CC1OC(O[C@H]2CC[C@]3(C)C4[C@H](O)C=C5[C@@H]6CC(C)(C)CC[C@]6(CO)C(=O)[C@H](O)[C@@]5(C)[C@]4(C)CC[C@H]3[C@]2(C)CO)C(O)C(OC2OC(CO)C(O)C(O)C2O)C1O. The fraction of sp³-hybridized carbons (Fsp3) is 0.929. The van der Waals surface area contributed by atoms with Gasteiger partial charge in [-0.05, 0) is 80.0 Å². The Balaban J connectivity index is 1.17. The molecule has 7 rings (SSSR count). The van der Waals surface area contributed by atoms with E-state index in [0.717, 1.165) is 12.0 Å². The number of carbonyl (C=O) groups excluding carboxylic acids is 1. The van der Waals surface area contributed by atoms with Crippen LogP contribution in [0.15, 0.2) is 11.6 Å². The van der Waals surface area contributed by atoms with E-state index in [1.165, 1.54) is 0 Å². The first-order chi connectivity index (χ1) is 26.5. The molecule has 4 saturated carbocycles. The van der Waals surface area contributed by atoms with E-state index in [2.05, 4.69) is 27.7 Å². The summed E-state index contributed by atoms with van der Waals surface area (Å²) in [5.41, 5.74) is -3.64. The average Bonchev–Trinajstić information content (AvgIpc) is 3.16. The zero-order valence-corrected chi connectivity index (χ0v) is 34.4. The summed E-state index contributed by atoms with van der Waals surface area (Å²) in [4.78, 5) is 14.4. The van der Waals surface area contributed by atoms with Crippen molar-refractivity contribution in [2.45, 2.75) is 173 Å². The minimum atomic E-state index is -1.77. The first-order valence-electron chi connectivity index (χ1n) is 21.0. The van der Waals surface area contributed by atoms with Gasteiger partial charge in [-0.3, -0.25) is 4.79 Å². The van der Waals surface area contributed by atoms with Gasteiger partial charge in [-0.1, -0.05) is 53.2 Å². The highest BCUT2D eigenvalue weighted by Gasteiger charge is 2.74. The molecule has 0 bridgehead atoms. The Morgan fingerprint density at radius 1 is 0.754 bits per heavy atom. The normalized spacial score (nSPS) is 56.2. The van der Waals surface area contributed by atoms with E-state index in [9.17, 15) is 55.9 Å². The van der Waals surface area contributed by atoms with Gasteiger partial charge in [0.1, 0.15) is 48.8 Å². The van der Waals surface area contributed by atoms with Crippen molar-refractivity contribution in [1.29, 1.82) is 0 Å². The molecule has 0 aromatic rings. The highest BCUT2D eigenvalue weighted by Crippen LogP contribution is 2.75. The molecule has 15 heteroatoms. The lowest BCUT2D eigenvalue weighted by Gasteiger charge is -2.72. The summed E-state index contributed by atoms with van der Waals surface area (Å²) in [6.07, 6.45) is -12.1. The third kappa shape index (κ3) is 6.15. The van der Waals surface area contributed by atoms with Crippen molar-refractivity contribution in [3.05, 3.63) is 11.6 Å². The smallest absolute Gasteiger partial charge is 0.187 e. The van der Waals surface area contributed by atoms with Crippen LogP contribution in [0.3, 0.4) is 0 Å². The second-order valence-corrected chi connectivity index (χ2v) is 20.6. The van der Waals surface area contributed by atoms with E-state index in [1.807, 2.05) is 19.9 Å². The first-order valence-corrected chi connectivity index (χ1v) is 21.0. The van der Waals surface area contributed by atoms with Crippen LogP contribution in [-0.2, 0) is 23.7 Å². The Kier molecular flexibility index (Phi) is 11.4. The van der Waals surface area contributed by atoms with Gasteiger partial charge in [0.25, 0.3) is 0 Å². The van der Waals surface area contributed by atoms with Gasteiger partial charge >= 0.3 is 0 Å². The Hall–Kier alpha value is -1.15. The molecule has 326 valence electrons. The number of ether oxygens (including phenoxy) is 4. The van der Waals surface area contributed by atoms with Crippen LogP contribution in [0, 0.1) is 50.2 Å². The van der Waals surface area contributed by atoms with E-state index in [4.69, 9.17) is 18.9 Å². The summed E-state index contributed by atoms with van der Waals surface area (Å²) >= 11 is 0. The van der Waals surface area contributed by atoms with Crippen molar-refractivity contribution >= 4 is 5.78 Å². The number of hydrogen-bond donors (Lipinski definition) is 10. The number of aliphatic hydroxyl groups is 10. The summed E-state index contributed by atoms with van der Waals surface area (Å²) in [6.45, 7) is 12.7. The van der Waals surface area contributed by atoms with Gasteiger partial charge in [-0.2, -0.15) is 0 Å². The molecule has 0 radical (unpaired) electrons. The van der Waals surface area contributed by atoms with Crippen LogP contribution < -0.4 is 0 Å². The Labute approximate surface area is 335 Å². The molecular formula is C42H68O15. The summed E-state index contributed by atoms with van der Waals surface area (Å²) in [5.74, 6) is -1.29. The molecule has 0 spiro atoms. The molecule has 15 nitrogen and oxygen atoms in total. The van der Waals surface area contributed by atoms with Gasteiger partial charge in [0.05, 0.1) is 43.5 Å². The third-order valence-corrected chi connectivity index (χ3v) is 17.3. The average molecular weight is 813 g/mol. The minimum Gasteiger partial charge on any atom is -0.396 e. The number of ketones is 1. The van der Waals surface area contributed by atoms with Gasteiger partial charge in [-0.15, -0.1) is 0 Å². The number of rotatable bonds is 7. The van der Waals surface area contributed by atoms with Crippen molar-refractivity contribution in [3.8, 4) is 0 Å². The number of carbonyl (C=O) groups is 1. The Bertz CT molecular complexity index is 1560. The number of hydrogen-bond acceptors (Lipinski definition) is 15. The number of aliphatic hydroxyl groups excluding tert-OH is 10. The highest BCUT2D eigenvalue weighted by atomic mass is 16.7. The lowest BCUT2D eigenvalue weighted by molar-refractivity contribution is -0.368. The molecule has 2 heterocycles. The molecule has 2 saturated heterocycles. The molecule has 2 aliphatic heterocycles. The zero-order valence-electron chi connectivity index (χ0n) is 34.4. The fourth-order valence-electron chi connectivity index (χ4n) is 13.7. The van der Waals surface area contributed by atoms with E-state index < -0.39 is 119 Å². The minimum absolute atomic E-state index is 0.0983. The van der Waals surface area contributed by atoms with E-state index in [-0.39, 0.29) is 36.2 Å². The van der Waals surface area contributed by atoms with Crippen LogP contribution in [0.4, 0.5) is 0 Å². The molecule has 11 unspecified atom stereocenters. The Morgan fingerprint density at radius 2 is 1.42 bits per heavy atom. The van der Waals surface area contributed by atoms with Crippen molar-refractivity contribution in [2.75, 3.05) is 19.8 Å². The molecule has 0 aromatic carbocycles. The van der Waals surface area contributed by atoms with Crippen molar-refractivity contribution in [1.82, 2.24) is 0 Å².